The van der Waals surface area contributed by atoms with Crippen molar-refractivity contribution in [2.45, 2.75) is 11.9 Å². The summed E-state index contributed by atoms with van der Waals surface area (Å²) in [6.45, 7) is 2.02. The lowest BCUT2D eigenvalue weighted by atomic mass is 10.2. The molecule has 0 bridgehead atoms. The van der Waals surface area contributed by atoms with E-state index in [0.29, 0.717) is 5.75 Å². The number of carbonyl (C=O) groups is 1. The summed E-state index contributed by atoms with van der Waals surface area (Å²) in [4.78, 5) is 15.8. The number of amides is 1. The average Bonchev–Trinajstić information content (AvgIpc) is 2.35. The van der Waals surface area contributed by atoms with Gasteiger partial charge in [0.1, 0.15) is 5.03 Å². The fourth-order valence-electron chi connectivity index (χ4n) is 1.56. The Hall–Kier alpha value is -1.55. The molecule has 1 amide bonds. The van der Waals surface area contributed by atoms with Gasteiger partial charge in [0, 0.05) is 12.4 Å². The summed E-state index contributed by atoms with van der Waals surface area (Å²) in [5, 5.41) is 4.66. The predicted molar refractivity (Wildman–Crippen MR) is 71.3 cm³/mol. The van der Waals surface area contributed by atoms with E-state index < -0.39 is 0 Å². The second-order valence-electron chi connectivity index (χ2n) is 3.76. The van der Waals surface area contributed by atoms with Crippen molar-refractivity contribution in [3.8, 4) is 0 Å². The molecule has 0 radical (unpaired) electrons. The van der Waals surface area contributed by atoms with Gasteiger partial charge in [0.15, 0.2) is 0 Å². The monoisotopic (exact) mass is 246 g/mol. The van der Waals surface area contributed by atoms with Gasteiger partial charge in [-0.1, -0.05) is 30.0 Å². The number of aryl methyl sites for hydroxylation is 1. The lowest BCUT2D eigenvalue weighted by Gasteiger charge is -2.06. The third-order valence-corrected chi connectivity index (χ3v) is 3.58. The zero-order chi connectivity index (χ0) is 12.3. The highest BCUT2D eigenvalue weighted by molar-refractivity contribution is 7.99. The first-order valence-electron chi connectivity index (χ1n) is 5.40. The van der Waals surface area contributed by atoms with Crippen molar-refractivity contribution in [3.05, 3.63) is 35.9 Å². The van der Waals surface area contributed by atoms with Gasteiger partial charge in [-0.2, -0.15) is 0 Å². The van der Waals surface area contributed by atoms with Gasteiger partial charge >= 0.3 is 0 Å². The number of hydrogen-bond acceptors (Lipinski definition) is 3. The Labute approximate surface area is 105 Å². The van der Waals surface area contributed by atoms with Crippen molar-refractivity contribution < 1.29 is 4.79 Å². The molecule has 17 heavy (non-hydrogen) atoms. The molecule has 0 aliphatic heterocycles. The fraction of sp³-hybridized carbons (Fsp3) is 0.231. The number of fused-ring (bicyclic) bond motifs is 1. The van der Waals surface area contributed by atoms with E-state index in [2.05, 4.69) is 16.4 Å². The standard InChI is InChI=1S/C13H14N2OS/c1-9-7-10-5-3-4-6-11(10)15-13(9)17-8-12(16)14-2/h3-7H,8H2,1-2H3,(H,14,16). The van der Waals surface area contributed by atoms with E-state index in [4.69, 9.17) is 0 Å². The lowest BCUT2D eigenvalue weighted by molar-refractivity contribution is -0.118. The van der Waals surface area contributed by atoms with Crippen molar-refractivity contribution in [2.75, 3.05) is 12.8 Å². The second-order valence-corrected chi connectivity index (χ2v) is 4.73. The minimum Gasteiger partial charge on any atom is -0.358 e. The Balaban J connectivity index is 2.28. The third-order valence-electron chi connectivity index (χ3n) is 2.49. The lowest BCUT2D eigenvalue weighted by Crippen LogP contribution is -2.19. The van der Waals surface area contributed by atoms with Gasteiger partial charge in [0.05, 0.1) is 11.3 Å². The molecule has 1 heterocycles. The minimum absolute atomic E-state index is 0.0179. The molecule has 0 saturated heterocycles. The number of carbonyl (C=O) groups excluding carboxylic acids is 1. The third kappa shape index (κ3) is 2.77. The van der Waals surface area contributed by atoms with Crippen LogP contribution in [0.15, 0.2) is 35.4 Å². The van der Waals surface area contributed by atoms with Gasteiger partial charge < -0.3 is 5.32 Å². The van der Waals surface area contributed by atoms with Crippen LogP contribution in [0.2, 0.25) is 0 Å². The molecule has 3 nitrogen and oxygen atoms in total. The molecule has 0 unspecified atom stereocenters. The molecule has 4 heteroatoms. The minimum atomic E-state index is 0.0179. The molecular formula is C13H14N2OS. The summed E-state index contributed by atoms with van der Waals surface area (Å²) in [5.41, 5.74) is 2.08. The van der Waals surface area contributed by atoms with Crippen molar-refractivity contribution >= 4 is 28.6 Å². The smallest absolute Gasteiger partial charge is 0.230 e. The average molecular weight is 246 g/mol. The normalized spacial score (nSPS) is 10.5. The number of benzene rings is 1. The number of hydrogen-bond donors (Lipinski definition) is 1. The van der Waals surface area contributed by atoms with Crippen LogP contribution in [-0.4, -0.2) is 23.7 Å². The van der Waals surface area contributed by atoms with Gasteiger partial charge in [0.2, 0.25) is 5.91 Å². The van der Waals surface area contributed by atoms with Crippen LogP contribution in [0, 0.1) is 6.92 Å². The van der Waals surface area contributed by atoms with Gasteiger partial charge in [-0.15, -0.1) is 0 Å². The molecule has 0 spiro atoms. The topological polar surface area (TPSA) is 42.0 Å². The van der Waals surface area contributed by atoms with Gasteiger partial charge in [-0.3, -0.25) is 4.79 Å². The van der Waals surface area contributed by atoms with Crippen LogP contribution in [-0.2, 0) is 4.79 Å². The maximum Gasteiger partial charge on any atom is 0.230 e. The number of nitrogens with one attached hydrogen (secondary N) is 1. The van der Waals surface area contributed by atoms with E-state index in [-0.39, 0.29) is 5.91 Å². The molecule has 0 atom stereocenters. The van der Waals surface area contributed by atoms with Gasteiger partial charge in [0.25, 0.3) is 0 Å². The highest BCUT2D eigenvalue weighted by Crippen LogP contribution is 2.23. The van der Waals surface area contributed by atoms with E-state index in [1.165, 1.54) is 11.8 Å². The van der Waals surface area contributed by atoms with Gasteiger partial charge in [-0.25, -0.2) is 4.98 Å². The molecule has 1 aromatic heterocycles. The summed E-state index contributed by atoms with van der Waals surface area (Å²) >= 11 is 1.47. The molecule has 0 aliphatic carbocycles. The molecule has 88 valence electrons. The van der Waals surface area contributed by atoms with E-state index in [1.54, 1.807) is 7.05 Å². The van der Waals surface area contributed by atoms with Crippen LogP contribution < -0.4 is 5.32 Å². The molecule has 2 aromatic rings. The van der Waals surface area contributed by atoms with E-state index in [9.17, 15) is 4.79 Å². The predicted octanol–water partition coefficient (Wildman–Crippen LogP) is 2.38. The van der Waals surface area contributed by atoms with Crippen LogP contribution >= 0.6 is 11.8 Å². The first-order chi connectivity index (χ1) is 8.20. The van der Waals surface area contributed by atoms with Crippen LogP contribution in [0.3, 0.4) is 0 Å². The Morgan fingerprint density at radius 3 is 2.94 bits per heavy atom. The van der Waals surface area contributed by atoms with Crippen molar-refractivity contribution in [1.29, 1.82) is 0 Å². The highest BCUT2D eigenvalue weighted by Gasteiger charge is 2.06. The summed E-state index contributed by atoms with van der Waals surface area (Å²) in [6, 6.07) is 10.1. The number of para-hydroxylation sites is 1. The first-order valence-corrected chi connectivity index (χ1v) is 6.39. The maximum atomic E-state index is 11.2. The first kappa shape index (κ1) is 11.9. The SMILES string of the molecule is CNC(=O)CSc1nc2ccccc2cc1C. The highest BCUT2D eigenvalue weighted by atomic mass is 32.2. The van der Waals surface area contributed by atoms with Gasteiger partial charge in [-0.05, 0) is 24.6 Å². The number of aromatic nitrogens is 1. The molecular weight excluding hydrogens is 232 g/mol. The van der Waals surface area contributed by atoms with Crippen molar-refractivity contribution in [3.63, 3.8) is 0 Å². The molecule has 0 fully saturated rings. The molecule has 1 aromatic carbocycles. The summed E-state index contributed by atoms with van der Waals surface area (Å²) < 4.78 is 0. The maximum absolute atomic E-state index is 11.2. The van der Waals surface area contributed by atoms with E-state index in [0.717, 1.165) is 21.5 Å². The quantitative estimate of drug-likeness (QED) is 0.845. The largest absolute Gasteiger partial charge is 0.358 e. The van der Waals surface area contributed by atoms with Crippen molar-refractivity contribution in [2.24, 2.45) is 0 Å². The summed E-state index contributed by atoms with van der Waals surface area (Å²) in [5.74, 6) is 0.423. The zero-order valence-electron chi connectivity index (χ0n) is 9.86. The number of pyridine rings is 1. The molecule has 2 rings (SSSR count). The zero-order valence-corrected chi connectivity index (χ0v) is 10.7. The number of rotatable bonds is 3. The van der Waals surface area contributed by atoms with Crippen LogP contribution in [0.1, 0.15) is 5.56 Å². The second kappa shape index (κ2) is 5.19. The Kier molecular flexibility index (Phi) is 3.64. The number of nitrogens with zero attached hydrogens (tertiary/aromatic N) is 1. The Morgan fingerprint density at radius 1 is 1.41 bits per heavy atom. The van der Waals surface area contributed by atoms with Crippen molar-refractivity contribution in [1.82, 2.24) is 10.3 Å². The van der Waals surface area contributed by atoms with Crippen LogP contribution in [0.4, 0.5) is 0 Å². The fourth-order valence-corrected chi connectivity index (χ4v) is 2.42. The Bertz CT molecular complexity index is 554. The summed E-state index contributed by atoms with van der Waals surface area (Å²) in [7, 11) is 1.64. The van der Waals surface area contributed by atoms with E-state index >= 15 is 0 Å². The molecule has 1 N–H and O–H groups in total. The molecule has 0 aliphatic rings. The van der Waals surface area contributed by atoms with Crippen LogP contribution in [0.25, 0.3) is 10.9 Å². The van der Waals surface area contributed by atoms with Crippen LogP contribution in [0.5, 0.6) is 0 Å². The van der Waals surface area contributed by atoms with E-state index in [1.807, 2.05) is 31.2 Å². The number of thioether (sulfide) groups is 1. The Morgan fingerprint density at radius 2 is 2.18 bits per heavy atom. The summed E-state index contributed by atoms with van der Waals surface area (Å²) in [6.07, 6.45) is 0. The molecule has 0 saturated carbocycles.